The molecule has 1 saturated carbocycles. The lowest BCUT2D eigenvalue weighted by atomic mass is 9.93. The third kappa shape index (κ3) is 5.12. The SMILES string of the molecule is CS(=O)(=O)N1CCC(Nc2ncc(F)c(-c3sc(NC4CCC4)nc3C(F)(F)F)n2)CC1. The molecule has 2 fully saturated rings. The second-order valence-electron chi connectivity index (χ2n) is 7.94. The smallest absolute Gasteiger partial charge is 0.359 e. The predicted molar refractivity (Wildman–Crippen MR) is 112 cm³/mol. The number of aromatic nitrogens is 3. The molecule has 2 aromatic rings. The molecule has 4 rings (SSSR count). The van der Waals surface area contributed by atoms with Crippen LogP contribution in [0.15, 0.2) is 6.20 Å². The molecular formula is C18H22F4N6O2S2. The van der Waals surface area contributed by atoms with Crippen molar-refractivity contribution in [2.24, 2.45) is 0 Å². The highest BCUT2D eigenvalue weighted by molar-refractivity contribution is 7.88. The van der Waals surface area contributed by atoms with Gasteiger partial charge in [-0.05, 0) is 32.1 Å². The van der Waals surface area contributed by atoms with Gasteiger partial charge in [-0.3, -0.25) is 0 Å². The second-order valence-corrected chi connectivity index (χ2v) is 10.9. The van der Waals surface area contributed by atoms with Crippen molar-refractivity contribution in [3.63, 3.8) is 0 Å². The highest BCUT2D eigenvalue weighted by Gasteiger charge is 2.39. The molecule has 176 valence electrons. The van der Waals surface area contributed by atoms with Crippen LogP contribution in [-0.2, 0) is 16.2 Å². The number of alkyl halides is 3. The van der Waals surface area contributed by atoms with Gasteiger partial charge in [0.15, 0.2) is 16.6 Å². The van der Waals surface area contributed by atoms with E-state index in [4.69, 9.17) is 0 Å². The van der Waals surface area contributed by atoms with Crippen molar-refractivity contribution in [2.45, 2.75) is 50.4 Å². The molecule has 2 N–H and O–H groups in total. The summed E-state index contributed by atoms with van der Waals surface area (Å²) in [6.07, 6.45) is 0.830. The molecule has 0 radical (unpaired) electrons. The zero-order chi connectivity index (χ0) is 23.1. The number of hydrogen-bond acceptors (Lipinski definition) is 8. The fourth-order valence-electron chi connectivity index (χ4n) is 3.57. The van der Waals surface area contributed by atoms with Crippen molar-refractivity contribution in [3.8, 4) is 10.6 Å². The zero-order valence-electron chi connectivity index (χ0n) is 17.1. The predicted octanol–water partition coefficient (Wildman–Crippen LogP) is 3.56. The highest BCUT2D eigenvalue weighted by atomic mass is 32.2. The van der Waals surface area contributed by atoms with Gasteiger partial charge in [0.2, 0.25) is 16.0 Å². The van der Waals surface area contributed by atoms with Crippen molar-refractivity contribution in [1.82, 2.24) is 19.3 Å². The van der Waals surface area contributed by atoms with E-state index in [1.165, 1.54) is 4.31 Å². The first-order valence-electron chi connectivity index (χ1n) is 10.1. The molecule has 2 aliphatic rings. The highest BCUT2D eigenvalue weighted by Crippen LogP contribution is 2.43. The average Bonchev–Trinajstić information content (AvgIpc) is 3.10. The van der Waals surface area contributed by atoms with Crippen LogP contribution >= 0.6 is 11.3 Å². The van der Waals surface area contributed by atoms with Crippen LogP contribution in [0.2, 0.25) is 0 Å². The Bertz CT molecular complexity index is 1080. The summed E-state index contributed by atoms with van der Waals surface area (Å²) in [6, 6.07) is -0.119. The van der Waals surface area contributed by atoms with Crippen LogP contribution in [0.1, 0.15) is 37.8 Å². The summed E-state index contributed by atoms with van der Waals surface area (Å²) >= 11 is 0.715. The molecule has 3 heterocycles. The van der Waals surface area contributed by atoms with E-state index in [1.54, 1.807) is 0 Å². The third-order valence-electron chi connectivity index (χ3n) is 5.54. The van der Waals surface area contributed by atoms with Crippen LogP contribution in [-0.4, -0.2) is 59.1 Å². The van der Waals surface area contributed by atoms with Crippen LogP contribution in [0.3, 0.4) is 0 Å². The number of rotatable bonds is 6. The van der Waals surface area contributed by atoms with Crippen LogP contribution < -0.4 is 10.6 Å². The largest absolute Gasteiger partial charge is 0.434 e. The molecule has 0 spiro atoms. The van der Waals surface area contributed by atoms with Crippen LogP contribution in [0.4, 0.5) is 28.6 Å². The van der Waals surface area contributed by atoms with E-state index in [9.17, 15) is 26.0 Å². The Hall–Kier alpha value is -2.06. The van der Waals surface area contributed by atoms with Crippen LogP contribution in [0.25, 0.3) is 10.6 Å². The van der Waals surface area contributed by atoms with Gasteiger partial charge in [-0.2, -0.15) is 13.2 Å². The summed E-state index contributed by atoms with van der Waals surface area (Å²) in [7, 11) is -3.29. The Balaban J connectivity index is 1.56. The van der Waals surface area contributed by atoms with Crippen molar-refractivity contribution in [3.05, 3.63) is 17.7 Å². The molecule has 0 unspecified atom stereocenters. The van der Waals surface area contributed by atoms with E-state index < -0.39 is 38.3 Å². The molecule has 8 nitrogen and oxygen atoms in total. The van der Waals surface area contributed by atoms with Crippen molar-refractivity contribution in [1.29, 1.82) is 0 Å². The molecule has 0 amide bonds. The Kier molecular flexibility index (Phi) is 6.29. The minimum Gasteiger partial charge on any atom is -0.359 e. The minimum atomic E-state index is -4.77. The van der Waals surface area contributed by atoms with Gasteiger partial charge in [0, 0.05) is 25.2 Å². The van der Waals surface area contributed by atoms with E-state index in [0.29, 0.717) is 37.3 Å². The molecule has 1 aliphatic carbocycles. The molecule has 1 saturated heterocycles. The Morgan fingerprint density at radius 3 is 2.31 bits per heavy atom. The summed E-state index contributed by atoms with van der Waals surface area (Å²) in [6.45, 7) is 0.599. The monoisotopic (exact) mass is 494 g/mol. The van der Waals surface area contributed by atoms with Gasteiger partial charge in [0.25, 0.3) is 0 Å². The number of sulfonamides is 1. The van der Waals surface area contributed by atoms with Gasteiger partial charge < -0.3 is 10.6 Å². The number of hydrogen-bond donors (Lipinski definition) is 2. The maximum atomic E-state index is 14.5. The summed E-state index contributed by atoms with van der Waals surface area (Å²) in [5, 5.41) is 6.03. The number of nitrogens with one attached hydrogen (secondary N) is 2. The summed E-state index contributed by atoms with van der Waals surface area (Å²) in [4.78, 5) is 11.1. The number of thiazole rings is 1. The first-order valence-corrected chi connectivity index (χ1v) is 12.8. The van der Waals surface area contributed by atoms with E-state index in [0.717, 1.165) is 31.7 Å². The zero-order valence-corrected chi connectivity index (χ0v) is 18.7. The standard InChI is InChI=1S/C18H22F4N6O2S2/c1-32(29,30)28-7-5-11(6-8-28)24-16-23-9-12(19)13(26-16)14-15(18(20,21)22)27-17(31-14)25-10-3-2-4-10/h9-11H,2-8H2,1H3,(H,25,27)(H,23,24,26). The molecule has 14 heteroatoms. The summed E-state index contributed by atoms with van der Waals surface area (Å²) < 4.78 is 79.9. The number of nitrogens with zero attached hydrogens (tertiary/aromatic N) is 4. The maximum Gasteiger partial charge on any atom is 0.434 e. The lowest BCUT2D eigenvalue weighted by Gasteiger charge is -2.30. The Morgan fingerprint density at radius 2 is 1.75 bits per heavy atom. The first kappa shape index (κ1) is 23.1. The molecule has 1 aliphatic heterocycles. The summed E-state index contributed by atoms with van der Waals surface area (Å²) in [5.41, 5.74) is -1.66. The molecular weight excluding hydrogens is 472 g/mol. The fourth-order valence-corrected chi connectivity index (χ4v) is 5.50. The number of anilines is 2. The third-order valence-corrected chi connectivity index (χ3v) is 7.84. The lowest BCUT2D eigenvalue weighted by Crippen LogP contribution is -2.42. The van der Waals surface area contributed by atoms with Gasteiger partial charge in [-0.25, -0.2) is 32.1 Å². The normalized spacial score (nSPS) is 19.0. The van der Waals surface area contributed by atoms with Crippen LogP contribution in [0, 0.1) is 5.82 Å². The maximum absolute atomic E-state index is 14.5. The number of halogens is 4. The van der Waals surface area contributed by atoms with E-state index >= 15 is 0 Å². The molecule has 0 aromatic carbocycles. The van der Waals surface area contributed by atoms with Gasteiger partial charge in [-0.1, -0.05) is 11.3 Å². The molecule has 2 aromatic heterocycles. The van der Waals surface area contributed by atoms with Crippen molar-refractivity contribution in [2.75, 3.05) is 30.0 Å². The molecule has 32 heavy (non-hydrogen) atoms. The van der Waals surface area contributed by atoms with E-state index in [1.807, 2.05) is 0 Å². The average molecular weight is 495 g/mol. The second kappa shape index (κ2) is 8.71. The minimum absolute atomic E-state index is 0.0192. The van der Waals surface area contributed by atoms with Gasteiger partial charge in [-0.15, -0.1) is 0 Å². The Morgan fingerprint density at radius 1 is 1.09 bits per heavy atom. The van der Waals surface area contributed by atoms with Crippen molar-refractivity contribution < 1.29 is 26.0 Å². The van der Waals surface area contributed by atoms with E-state index in [2.05, 4.69) is 25.6 Å². The van der Waals surface area contributed by atoms with Gasteiger partial charge in [0.05, 0.1) is 17.3 Å². The summed E-state index contributed by atoms with van der Waals surface area (Å²) in [5.74, 6) is -0.999. The van der Waals surface area contributed by atoms with Crippen LogP contribution in [0.5, 0.6) is 0 Å². The van der Waals surface area contributed by atoms with Crippen molar-refractivity contribution >= 4 is 32.4 Å². The lowest BCUT2D eigenvalue weighted by molar-refractivity contribution is -0.140. The molecule has 0 atom stereocenters. The quantitative estimate of drug-likeness (QED) is 0.593. The number of piperidine rings is 1. The van der Waals surface area contributed by atoms with Gasteiger partial charge >= 0.3 is 6.18 Å². The Labute approximate surface area is 186 Å². The van der Waals surface area contributed by atoms with Gasteiger partial charge in [0.1, 0.15) is 5.69 Å². The first-order chi connectivity index (χ1) is 15.0. The fraction of sp³-hybridized carbons (Fsp3) is 0.611. The molecule has 0 bridgehead atoms. The topological polar surface area (TPSA) is 100 Å². The van der Waals surface area contributed by atoms with E-state index in [-0.39, 0.29) is 23.2 Å².